The highest BCUT2D eigenvalue weighted by Gasteiger charge is 2.53. The Labute approximate surface area is 302 Å². The van der Waals surface area contributed by atoms with Crippen molar-refractivity contribution in [3.63, 3.8) is 0 Å². The third kappa shape index (κ3) is 4.43. The smallest absolute Gasteiger partial charge is 0.207 e. The van der Waals surface area contributed by atoms with Gasteiger partial charge in [-0.15, -0.1) is 0 Å². The maximum absolute atomic E-state index is 14.2. The standard InChI is InChI=1S/C47H30N2O2S/c50-52(51)44-21-11-9-19-39(44)47(40-20-10-12-22-45(40)52)38-18-8-7-17-36(38)37-28-27-35(29-41(37)47)43-30-42(48-46(49-43)34-15-5-2-6-16-34)33-25-23-32(24-26-33)31-13-3-1-4-14-31/h1-30H. The molecule has 0 bridgehead atoms. The topological polar surface area (TPSA) is 59.9 Å². The van der Waals surface area contributed by atoms with Crippen molar-refractivity contribution in [2.24, 2.45) is 0 Å². The van der Waals surface area contributed by atoms with Gasteiger partial charge in [0, 0.05) is 16.7 Å². The molecule has 7 aromatic carbocycles. The summed E-state index contributed by atoms with van der Waals surface area (Å²) in [5, 5.41) is 0. The van der Waals surface area contributed by atoms with Gasteiger partial charge in [-0.2, -0.15) is 0 Å². The molecule has 8 aromatic rings. The minimum atomic E-state index is -3.75. The van der Waals surface area contributed by atoms with E-state index in [9.17, 15) is 8.42 Å². The van der Waals surface area contributed by atoms with Gasteiger partial charge >= 0.3 is 0 Å². The molecular weight excluding hydrogens is 657 g/mol. The van der Waals surface area contributed by atoms with Gasteiger partial charge in [0.2, 0.25) is 9.84 Å². The molecule has 52 heavy (non-hydrogen) atoms. The number of rotatable bonds is 4. The normalized spacial score (nSPS) is 14.2. The van der Waals surface area contributed by atoms with Crippen molar-refractivity contribution >= 4 is 9.84 Å². The lowest BCUT2D eigenvalue weighted by Crippen LogP contribution is -2.35. The number of hydrogen-bond acceptors (Lipinski definition) is 4. The van der Waals surface area contributed by atoms with Crippen LogP contribution in [-0.4, -0.2) is 18.4 Å². The Morgan fingerprint density at radius 3 is 1.48 bits per heavy atom. The van der Waals surface area contributed by atoms with E-state index in [2.05, 4.69) is 91.0 Å². The second-order valence-electron chi connectivity index (χ2n) is 13.3. The predicted molar refractivity (Wildman–Crippen MR) is 207 cm³/mol. The van der Waals surface area contributed by atoms with Crippen LogP contribution in [0.3, 0.4) is 0 Å². The highest BCUT2D eigenvalue weighted by molar-refractivity contribution is 7.91. The van der Waals surface area contributed by atoms with Gasteiger partial charge in [-0.05, 0) is 68.8 Å². The monoisotopic (exact) mass is 686 g/mol. The van der Waals surface area contributed by atoms with Crippen LogP contribution in [-0.2, 0) is 15.3 Å². The first-order chi connectivity index (χ1) is 25.5. The lowest BCUT2D eigenvalue weighted by molar-refractivity contribution is 0.580. The summed E-state index contributed by atoms with van der Waals surface area (Å²) in [6.45, 7) is 0. The van der Waals surface area contributed by atoms with Gasteiger partial charge in [0.15, 0.2) is 5.82 Å². The highest BCUT2D eigenvalue weighted by atomic mass is 32.2. The lowest BCUT2D eigenvalue weighted by Gasteiger charge is -2.39. The van der Waals surface area contributed by atoms with E-state index in [1.54, 1.807) is 12.1 Å². The number of benzene rings is 7. The summed E-state index contributed by atoms with van der Waals surface area (Å²) in [7, 11) is -3.75. The van der Waals surface area contributed by atoms with Crippen molar-refractivity contribution in [1.82, 2.24) is 9.97 Å². The molecule has 10 rings (SSSR count). The van der Waals surface area contributed by atoms with E-state index in [1.165, 1.54) is 0 Å². The molecule has 0 atom stereocenters. The first-order valence-corrected chi connectivity index (χ1v) is 18.8. The third-order valence-corrected chi connectivity index (χ3v) is 12.4. The fraction of sp³-hybridized carbons (Fsp3) is 0.0213. The Morgan fingerprint density at radius 1 is 0.365 bits per heavy atom. The molecule has 1 aliphatic carbocycles. The van der Waals surface area contributed by atoms with Crippen LogP contribution < -0.4 is 0 Å². The van der Waals surface area contributed by atoms with Gasteiger partial charge in [0.25, 0.3) is 0 Å². The Bertz CT molecular complexity index is 2740. The zero-order valence-electron chi connectivity index (χ0n) is 27.9. The highest BCUT2D eigenvalue weighted by Crippen LogP contribution is 2.61. The summed E-state index contributed by atoms with van der Waals surface area (Å²) in [6.07, 6.45) is 0. The second-order valence-corrected chi connectivity index (χ2v) is 15.2. The summed E-state index contributed by atoms with van der Waals surface area (Å²) in [5.41, 5.74) is 11.7. The number of aromatic nitrogens is 2. The first-order valence-electron chi connectivity index (χ1n) is 17.3. The summed E-state index contributed by atoms with van der Waals surface area (Å²) in [5.74, 6) is 0.637. The summed E-state index contributed by atoms with van der Waals surface area (Å²) < 4.78 is 28.4. The molecule has 1 spiro atoms. The quantitative estimate of drug-likeness (QED) is 0.185. The van der Waals surface area contributed by atoms with Gasteiger partial charge < -0.3 is 0 Å². The molecule has 0 fully saturated rings. The second kappa shape index (κ2) is 11.6. The molecule has 246 valence electrons. The number of fused-ring (bicyclic) bond motifs is 9. The van der Waals surface area contributed by atoms with E-state index in [4.69, 9.17) is 9.97 Å². The van der Waals surface area contributed by atoms with Crippen LogP contribution >= 0.6 is 0 Å². The molecular formula is C47H30N2O2S. The Hall–Kier alpha value is -6.43. The van der Waals surface area contributed by atoms with Crippen LogP contribution in [0.4, 0.5) is 0 Å². The molecule has 2 aliphatic rings. The zero-order valence-corrected chi connectivity index (χ0v) is 28.8. The van der Waals surface area contributed by atoms with Crippen molar-refractivity contribution < 1.29 is 8.42 Å². The minimum absolute atomic E-state index is 0.344. The Kier molecular flexibility index (Phi) is 6.76. The lowest BCUT2D eigenvalue weighted by atomic mass is 9.67. The molecule has 4 nitrogen and oxygen atoms in total. The summed E-state index contributed by atoms with van der Waals surface area (Å²) in [4.78, 5) is 11.0. The number of hydrogen-bond donors (Lipinski definition) is 0. The van der Waals surface area contributed by atoms with E-state index in [-0.39, 0.29) is 0 Å². The minimum Gasteiger partial charge on any atom is -0.228 e. The van der Waals surface area contributed by atoms with Crippen LogP contribution in [0.15, 0.2) is 192 Å². The van der Waals surface area contributed by atoms with Gasteiger partial charge in [-0.3, -0.25) is 0 Å². The van der Waals surface area contributed by atoms with Gasteiger partial charge in [-0.25, -0.2) is 18.4 Å². The van der Waals surface area contributed by atoms with Gasteiger partial charge in [-0.1, -0.05) is 158 Å². The van der Waals surface area contributed by atoms with Crippen molar-refractivity contribution in [3.05, 3.63) is 204 Å². The average Bonchev–Trinajstić information content (AvgIpc) is 3.51. The predicted octanol–water partition coefficient (Wildman–Crippen LogP) is 10.7. The molecule has 1 aromatic heterocycles. The maximum atomic E-state index is 14.2. The van der Waals surface area contributed by atoms with Crippen LogP contribution in [0.2, 0.25) is 0 Å². The molecule has 1 aliphatic heterocycles. The zero-order chi connectivity index (χ0) is 34.9. The maximum Gasteiger partial charge on any atom is 0.207 e. The van der Waals surface area contributed by atoms with E-state index >= 15 is 0 Å². The Morgan fingerprint density at radius 2 is 0.827 bits per heavy atom. The number of sulfone groups is 1. The molecule has 2 heterocycles. The van der Waals surface area contributed by atoms with Gasteiger partial charge in [0.05, 0.1) is 26.6 Å². The first kappa shape index (κ1) is 30.4. The van der Waals surface area contributed by atoms with Crippen molar-refractivity contribution in [3.8, 4) is 56.2 Å². The van der Waals surface area contributed by atoms with Crippen LogP contribution in [0.5, 0.6) is 0 Å². The van der Waals surface area contributed by atoms with E-state index < -0.39 is 15.3 Å². The fourth-order valence-corrected chi connectivity index (χ4v) is 10.0. The van der Waals surface area contributed by atoms with Crippen LogP contribution in [0, 0.1) is 0 Å². The average molecular weight is 687 g/mol. The molecule has 5 heteroatoms. The number of nitrogens with zero attached hydrogens (tertiary/aromatic N) is 2. The van der Waals surface area contributed by atoms with Crippen molar-refractivity contribution in [2.75, 3.05) is 0 Å². The summed E-state index contributed by atoms with van der Waals surface area (Å²) >= 11 is 0. The van der Waals surface area contributed by atoms with Gasteiger partial charge in [0.1, 0.15) is 0 Å². The van der Waals surface area contributed by atoms with E-state index in [0.29, 0.717) is 15.6 Å². The largest absolute Gasteiger partial charge is 0.228 e. The molecule has 0 radical (unpaired) electrons. The third-order valence-electron chi connectivity index (χ3n) is 10.5. The molecule has 0 amide bonds. The molecule has 0 saturated heterocycles. The van der Waals surface area contributed by atoms with Crippen LogP contribution in [0.1, 0.15) is 22.3 Å². The molecule has 0 saturated carbocycles. The summed E-state index contributed by atoms with van der Waals surface area (Å²) in [6, 6.07) is 60.9. The van der Waals surface area contributed by atoms with Crippen molar-refractivity contribution in [1.29, 1.82) is 0 Å². The SMILES string of the molecule is O=S1(=O)c2ccccc2C2(c3ccccc3-c3ccc(-c4cc(-c5ccc(-c6ccccc6)cc5)nc(-c5ccccc5)n4)cc32)c2ccccc21. The Balaban J connectivity index is 1.21. The van der Waals surface area contributed by atoms with Crippen molar-refractivity contribution in [2.45, 2.75) is 15.2 Å². The van der Waals surface area contributed by atoms with E-state index in [1.807, 2.05) is 78.9 Å². The molecule has 0 unspecified atom stereocenters. The van der Waals surface area contributed by atoms with Crippen LogP contribution in [0.25, 0.3) is 56.2 Å². The molecule has 0 N–H and O–H groups in total. The van der Waals surface area contributed by atoms with E-state index in [0.717, 1.165) is 72.6 Å². The fourth-order valence-electron chi connectivity index (χ4n) is 8.23.